The molecule has 12 heavy (non-hydrogen) atoms. The van der Waals surface area contributed by atoms with Crippen molar-refractivity contribution in [2.75, 3.05) is 18.6 Å². The fourth-order valence-electron chi connectivity index (χ4n) is 1.31. The maximum absolute atomic E-state index is 9.68. The molecule has 0 radical (unpaired) electrons. The molecule has 0 aliphatic carbocycles. The van der Waals surface area contributed by atoms with Gasteiger partial charge in [-0.15, -0.1) is 0 Å². The number of hydrogen-bond acceptors (Lipinski definition) is 3. The maximum atomic E-state index is 9.68. The van der Waals surface area contributed by atoms with Gasteiger partial charge in [-0.05, 0) is 37.3 Å². The number of aliphatic hydroxyl groups is 1. The first-order valence-corrected chi connectivity index (χ1v) is 6.02. The Bertz CT molecular complexity index is 101. The molecule has 2 nitrogen and oxygen atoms in total. The molecule has 0 saturated carbocycles. The molecule has 0 heterocycles. The van der Waals surface area contributed by atoms with Gasteiger partial charge in [-0.25, -0.2) is 0 Å². The van der Waals surface area contributed by atoms with E-state index < -0.39 is 0 Å². The van der Waals surface area contributed by atoms with Crippen molar-refractivity contribution in [2.24, 2.45) is 11.7 Å². The zero-order valence-electron chi connectivity index (χ0n) is 8.12. The summed E-state index contributed by atoms with van der Waals surface area (Å²) in [6, 6.07) is 0. The van der Waals surface area contributed by atoms with Gasteiger partial charge in [0.15, 0.2) is 0 Å². The fourth-order valence-corrected chi connectivity index (χ4v) is 1.79. The van der Waals surface area contributed by atoms with Crippen LogP contribution < -0.4 is 5.73 Å². The fraction of sp³-hybridized carbons (Fsp3) is 1.00. The van der Waals surface area contributed by atoms with E-state index in [1.54, 1.807) is 11.8 Å². The van der Waals surface area contributed by atoms with Crippen LogP contribution >= 0.6 is 11.8 Å². The van der Waals surface area contributed by atoms with Crippen LogP contribution in [-0.4, -0.2) is 29.8 Å². The molecule has 0 bridgehead atoms. The Kier molecular flexibility index (Phi) is 8.07. The Hall–Kier alpha value is 0.270. The van der Waals surface area contributed by atoms with E-state index in [1.807, 2.05) is 0 Å². The minimum absolute atomic E-state index is 0.192. The standard InChI is InChI=1S/C9H21NOS/c1-3-4-8(7-10)9(11)5-6-12-2/h8-9,11H,3-7,10H2,1-2H3. The van der Waals surface area contributed by atoms with E-state index in [9.17, 15) is 5.11 Å². The highest BCUT2D eigenvalue weighted by atomic mass is 32.2. The Morgan fingerprint density at radius 3 is 2.50 bits per heavy atom. The van der Waals surface area contributed by atoms with Crippen molar-refractivity contribution in [1.82, 2.24) is 0 Å². The first-order chi connectivity index (χ1) is 5.76. The van der Waals surface area contributed by atoms with Crippen LogP contribution in [0.2, 0.25) is 0 Å². The van der Waals surface area contributed by atoms with Crippen molar-refractivity contribution >= 4 is 11.8 Å². The van der Waals surface area contributed by atoms with Crippen LogP contribution in [0.15, 0.2) is 0 Å². The van der Waals surface area contributed by atoms with E-state index >= 15 is 0 Å². The summed E-state index contributed by atoms with van der Waals surface area (Å²) in [6.07, 6.45) is 4.90. The van der Waals surface area contributed by atoms with Crippen molar-refractivity contribution in [1.29, 1.82) is 0 Å². The lowest BCUT2D eigenvalue weighted by molar-refractivity contribution is 0.103. The van der Waals surface area contributed by atoms with Gasteiger partial charge in [-0.3, -0.25) is 0 Å². The van der Waals surface area contributed by atoms with Gasteiger partial charge >= 0.3 is 0 Å². The summed E-state index contributed by atoms with van der Waals surface area (Å²) >= 11 is 1.78. The summed E-state index contributed by atoms with van der Waals surface area (Å²) in [6.45, 7) is 2.74. The first kappa shape index (κ1) is 12.3. The van der Waals surface area contributed by atoms with E-state index in [0.29, 0.717) is 12.5 Å². The number of aliphatic hydroxyl groups excluding tert-OH is 1. The predicted octanol–water partition coefficient (Wildman–Crippen LogP) is 1.48. The van der Waals surface area contributed by atoms with Gasteiger partial charge in [0, 0.05) is 0 Å². The molecule has 74 valence electrons. The van der Waals surface area contributed by atoms with Gasteiger partial charge < -0.3 is 10.8 Å². The summed E-state index contributed by atoms with van der Waals surface area (Å²) in [5.41, 5.74) is 5.56. The SMILES string of the molecule is CCCC(CN)C(O)CCSC. The molecule has 2 unspecified atom stereocenters. The second-order valence-corrected chi connectivity index (χ2v) is 4.12. The number of hydrogen-bond donors (Lipinski definition) is 2. The zero-order valence-corrected chi connectivity index (χ0v) is 8.94. The third kappa shape index (κ3) is 5.01. The molecule has 0 rings (SSSR count). The highest BCUT2D eigenvalue weighted by molar-refractivity contribution is 7.98. The molecule has 0 aromatic carbocycles. The molecule has 0 fully saturated rings. The average molecular weight is 191 g/mol. The average Bonchev–Trinajstić information content (AvgIpc) is 2.10. The second-order valence-electron chi connectivity index (χ2n) is 3.13. The first-order valence-electron chi connectivity index (χ1n) is 4.63. The van der Waals surface area contributed by atoms with E-state index in [1.165, 1.54) is 0 Å². The molecule has 0 aromatic rings. The lowest BCUT2D eigenvalue weighted by Crippen LogP contribution is -2.28. The molecule has 0 aromatic heterocycles. The number of thioether (sulfide) groups is 1. The Balaban J connectivity index is 3.60. The molecule has 0 saturated heterocycles. The van der Waals surface area contributed by atoms with Crippen LogP contribution in [0.25, 0.3) is 0 Å². The van der Waals surface area contributed by atoms with Crippen molar-refractivity contribution in [3.8, 4) is 0 Å². The number of nitrogens with two attached hydrogens (primary N) is 1. The van der Waals surface area contributed by atoms with E-state index in [-0.39, 0.29) is 6.10 Å². The van der Waals surface area contributed by atoms with E-state index in [0.717, 1.165) is 25.0 Å². The topological polar surface area (TPSA) is 46.2 Å². The van der Waals surface area contributed by atoms with Crippen LogP contribution in [0.1, 0.15) is 26.2 Å². The van der Waals surface area contributed by atoms with E-state index in [4.69, 9.17) is 5.73 Å². The molecule has 0 aliphatic heterocycles. The van der Waals surface area contributed by atoms with Crippen molar-refractivity contribution in [2.45, 2.75) is 32.3 Å². The molecule has 3 N–H and O–H groups in total. The Labute approximate surface area is 79.9 Å². The van der Waals surface area contributed by atoms with Crippen LogP contribution in [0, 0.1) is 5.92 Å². The van der Waals surface area contributed by atoms with Gasteiger partial charge in [0.2, 0.25) is 0 Å². The van der Waals surface area contributed by atoms with Crippen LogP contribution in [0.4, 0.5) is 0 Å². The summed E-state index contributed by atoms with van der Waals surface area (Å²) in [5, 5.41) is 9.68. The summed E-state index contributed by atoms with van der Waals surface area (Å²) in [5.74, 6) is 1.34. The minimum Gasteiger partial charge on any atom is -0.393 e. The van der Waals surface area contributed by atoms with Gasteiger partial charge in [-0.2, -0.15) is 11.8 Å². The second kappa shape index (κ2) is 7.90. The summed E-state index contributed by atoms with van der Waals surface area (Å²) < 4.78 is 0. The van der Waals surface area contributed by atoms with Gasteiger partial charge in [0.25, 0.3) is 0 Å². The lowest BCUT2D eigenvalue weighted by Gasteiger charge is -2.20. The summed E-state index contributed by atoms with van der Waals surface area (Å²) in [7, 11) is 0. The molecular weight excluding hydrogens is 170 g/mol. The molecular formula is C9H21NOS. The largest absolute Gasteiger partial charge is 0.393 e. The molecule has 2 atom stereocenters. The lowest BCUT2D eigenvalue weighted by atomic mass is 9.96. The molecule has 0 aliphatic rings. The zero-order chi connectivity index (χ0) is 9.40. The van der Waals surface area contributed by atoms with Crippen LogP contribution in [-0.2, 0) is 0 Å². The quantitative estimate of drug-likeness (QED) is 0.640. The maximum Gasteiger partial charge on any atom is 0.0588 e. The Morgan fingerprint density at radius 2 is 2.08 bits per heavy atom. The monoisotopic (exact) mass is 191 g/mol. The van der Waals surface area contributed by atoms with Gasteiger partial charge in [0.05, 0.1) is 6.10 Å². The third-order valence-corrected chi connectivity index (χ3v) is 2.77. The minimum atomic E-state index is -0.192. The van der Waals surface area contributed by atoms with Crippen LogP contribution in [0.5, 0.6) is 0 Å². The molecule has 0 spiro atoms. The highest BCUT2D eigenvalue weighted by Crippen LogP contribution is 2.14. The van der Waals surface area contributed by atoms with Crippen molar-refractivity contribution in [3.05, 3.63) is 0 Å². The smallest absolute Gasteiger partial charge is 0.0588 e. The molecule has 0 amide bonds. The molecule has 3 heteroatoms. The van der Waals surface area contributed by atoms with Crippen molar-refractivity contribution < 1.29 is 5.11 Å². The van der Waals surface area contributed by atoms with Crippen LogP contribution in [0.3, 0.4) is 0 Å². The predicted molar refractivity (Wildman–Crippen MR) is 56.5 cm³/mol. The van der Waals surface area contributed by atoms with E-state index in [2.05, 4.69) is 13.2 Å². The Morgan fingerprint density at radius 1 is 1.42 bits per heavy atom. The van der Waals surface area contributed by atoms with Gasteiger partial charge in [0.1, 0.15) is 0 Å². The van der Waals surface area contributed by atoms with Gasteiger partial charge in [-0.1, -0.05) is 13.3 Å². The highest BCUT2D eigenvalue weighted by Gasteiger charge is 2.15. The third-order valence-electron chi connectivity index (χ3n) is 2.12. The summed E-state index contributed by atoms with van der Waals surface area (Å²) in [4.78, 5) is 0. The number of rotatable bonds is 7. The normalized spacial score (nSPS) is 16.0. The van der Waals surface area contributed by atoms with Crippen molar-refractivity contribution in [3.63, 3.8) is 0 Å².